The van der Waals surface area contributed by atoms with Gasteiger partial charge < -0.3 is 9.74 Å². The summed E-state index contributed by atoms with van der Waals surface area (Å²) in [6.45, 7) is 4.45. The molecule has 1 saturated heterocycles. The lowest BCUT2D eigenvalue weighted by Gasteiger charge is -2.30. The van der Waals surface area contributed by atoms with Crippen molar-refractivity contribution in [1.29, 1.82) is 0 Å². The summed E-state index contributed by atoms with van der Waals surface area (Å²) in [6, 6.07) is 0. The van der Waals surface area contributed by atoms with E-state index in [4.69, 9.17) is 4.84 Å². The van der Waals surface area contributed by atoms with Gasteiger partial charge in [-0.25, -0.2) is 4.79 Å². The second-order valence-electron chi connectivity index (χ2n) is 6.48. The molecule has 2 aliphatic heterocycles. The lowest BCUT2D eigenvalue weighted by Crippen LogP contribution is -2.37. The molecule has 128 valence electrons. The van der Waals surface area contributed by atoms with Gasteiger partial charge in [0.1, 0.15) is 0 Å². The van der Waals surface area contributed by atoms with Gasteiger partial charge in [0.15, 0.2) is 0 Å². The van der Waals surface area contributed by atoms with E-state index in [-0.39, 0.29) is 24.7 Å². The maximum atomic E-state index is 12.1. The molecule has 7 nitrogen and oxygen atoms in total. The predicted octanol–water partition coefficient (Wildman–Crippen LogP) is 1.31. The Bertz CT molecular complexity index is 597. The van der Waals surface area contributed by atoms with Crippen molar-refractivity contribution in [3.8, 4) is 0 Å². The van der Waals surface area contributed by atoms with Crippen molar-refractivity contribution in [2.24, 2.45) is 11.8 Å². The number of hydroxylamine groups is 2. The van der Waals surface area contributed by atoms with Crippen molar-refractivity contribution >= 4 is 23.7 Å². The zero-order valence-electron chi connectivity index (χ0n) is 13.4. The summed E-state index contributed by atoms with van der Waals surface area (Å²) in [7, 11) is 0. The molecule has 24 heavy (non-hydrogen) atoms. The molecule has 0 atom stereocenters. The Labute approximate surface area is 139 Å². The zero-order chi connectivity index (χ0) is 17.3. The van der Waals surface area contributed by atoms with Crippen LogP contribution in [0, 0.1) is 11.8 Å². The minimum Gasteiger partial charge on any atom is -0.330 e. The van der Waals surface area contributed by atoms with E-state index in [2.05, 4.69) is 6.58 Å². The standard InChI is InChI=1S/C17H20N2O5/c1-11-2-7-14(20)18(11)10-12-3-5-13(6-4-12)17(23)24-19-15(21)8-9-16(19)22/h2,7,12-13H,1,3-6,8-10H2. The molecule has 0 aromatic carbocycles. The molecule has 0 N–H and O–H groups in total. The van der Waals surface area contributed by atoms with Crippen molar-refractivity contribution in [1.82, 2.24) is 9.96 Å². The van der Waals surface area contributed by atoms with Gasteiger partial charge in [-0.3, -0.25) is 14.4 Å². The van der Waals surface area contributed by atoms with Gasteiger partial charge in [0.05, 0.1) is 5.92 Å². The van der Waals surface area contributed by atoms with Gasteiger partial charge in [-0.1, -0.05) is 6.58 Å². The second-order valence-corrected chi connectivity index (χ2v) is 6.48. The summed E-state index contributed by atoms with van der Waals surface area (Å²) in [4.78, 5) is 53.5. The molecule has 0 spiro atoms. The van der Waals surface area contributed by atoms with Crippen LogP contribution in [-0.4, -0.2) is 40.2 Å². The lowest BCUT2D eigenvalue weighted by molar-refractivity contribution is -0.201. The number of imide groups is 1. The fourth-order valence-corrected chi connectivity index (χ4v) is 3.36. The first-order valence-electron chi connectivity index (χ1n) is 8.22. The number of carbonyl (C=O) groups excluding carboxylic acids is 4. The van der Waals surface area contributed by atoms with Crippen LogP contribution in [0.3, 0.4) is 0 Å². The van der Waals surface area contributed by atoms with Crippen molar-refractivity contribution < 1.29 is 24.0 Å². The van der Waals surface area contributed by atoms with E-state index in [9.17, 15) is 19.2 Å². The van der Waals surface area contributed by atoms with Crippen LogP contribution >= 0.6 is 0 Å². The van der Waals surface area contributed by atoms with E-state index in [1.54, 1.807) is 11.0 Å². The third kappa shape index (κ3) is 3.25. The van der Waals surface area contributed by atoms with Crippen LogP contribution in [0.4, 0.5) is 0 Å². The minimum absolute atomic E-state index is 0.0485. The smallest absolute Gasteiger partial charge is 0.330 e. The fourth-order valence-electron chi connectivity index (χ4n) is 3.36. The van der Waals surface area contributed by atoms with Gasteiger partial charge in [0, 0.05) is 31.2 Å². The molecule has 3 aliphatic rings. The Hall–Kier alpha value is -2.44. The molecule has 0 bridgehead atoms. The molecule has 0 aromatic heterocycles. The normalized spacial score (nSPS) is 27.3. The van der Waals surface area contributed by atoms with Gasteiger partial charge in [-0.15, -0.1) is 5.06 Å². The average molecular weight is 332 g/mol. The van der Waals surface area contributed by atoms with Crippen LogP contribution in [0.25, 0.3) is 0 Å². The Balaban J connectivity index is 1.47. The lowest BCUT2D eigenvalue weighted by atomic mass is 9.82. The fraction of sp³-hybridized carbons (Fsp3) is 0.529. The summed E-state index contributed by atoms with van der Waals surface area (Å²) >= 11 is 0. The first-order chi connectivity index (χ1) is 11.5. The Kier molecular flexibility index (Phi) is 4.51. The molecule has 1 saturated carbocycles. The second kappa shape index (κ2) is 6.59. The number of amides is 3. The van der Waals surface area contributed by atoms with Crippen molar-refractivity contribution in [3.05, 3.63) is 24.4 Å². The number of carbonyl (C=O) groups is 4. The van der Waals surface area contributed by atoms with Gasteiger partial charge in [-0.05, 0) is 37.7 Å². The summed E-state index contributed by atoms with van der Waals surface area (Å²) in [5.74, 6) is -1.48. The predicted molar refractivity (Wildman–Crippen MR) is 82.6 cm³/mol. The average Bonchev–Trinajstić information content (AvgIpc) is 3.05. The summed E-state index contributed by atoms with van der Waals surface area (Å²) < 4.78 is 0. The molecule has 2 heterocycles. The van der Waals surface area contributed by atoms with E-state index in [1.807, 2.05) is 0 Å². The third-order valence-corrected chi connectivity index (χ3v) is 4.84. The number of hydrogen-bond acceptors (Lipinski definition) is 5. The molecule has 0 radical (unpaired) electrons. The van der Waals surface area contributed by atoms with Crippen LogP contribution in [-0.2, 0) is 24.0 Å². The largest absolute Gasteiger partial charge is 0.336 e. The van der Waals surface area contributed by atoms with E-state index in [0.717, 1.165) is 12.8 Å². The van der Waals surface area contributed by atoms with E-state index in [0.29, 0.717) is 36.1 Å². The van der Waals surface area contributed by atoms with Crippen LogP contribution in [0.2, 0.25) is 0 Å². The monoisotopic (exact) mass is 332 g/mol. The first-order valence-corrected chi connectivity index (χ1v) is 8.22. The third-order valence-electron chi connectivity index (χ3n) is 4.84. The van der Waals surface area contributed by atoms with E-state index in [1.165, 1.54) is 6.08 Å². The minimum atomic E-state index is -0.514. The highest BCUT2D eigenvalue weighted by Gasteiger charge is 2.36. The molecular formula is C17H20N2O5. The van der Waals surface area contributed by atoms with Crippen LogP contribution in [0.5, 0.6) is 0 Å². The number of rotatable bonds is 4. The Morgan fingerprint density at radius 3 is 2.25 bits per heavy atom. The number of nitrogens with zero attached hydrogens (tertiary/aromatic N) is 2. The van der Waals surface area contributed by atoms with Crippen molar-refractivity contribution in [2.75, 3.05) is 6.54 Å². The zero-order valence-corrected chi connectivity index (χ0v) is 13.4. The van der Waals surface area contributed by atoms with Crippen molar-refractivity contribution in [3.63, 3.8) is 0 Å². The molecule has 0 aromatic rings. The summed E-state index contributed by atoms with van der Waals surface area (Å²) in [5.41, 5.74) is 0.701. The van der Waals surface area contributed by atoms with Gasteiger partial charge in [-0.2, -0.15) is 0 Å². The molecule has 7 heteroatoms. The Morgan fingerprint density at radius 2 is 1.71 bits per heavy atom. The molecule has 0 unspecified atom stereocenters. The van der Waals surface area contributed by atoms with Crippen LogP contribution in [0.15, 0.2) is 24.4 Å². The SMILES string of the molecule is C=C1C=CC(=O)N1CC1CCC(C(=O)ON2C(=O)CCC2=O)CC1. The van der Waals surface area contributed by atoms with Gasteiger partial charge in [0.25, 0.3) is 17.7 Å². The highest BCUT2D eigenvalue weighted by Crippen LogP contribution is 2.32. The maximum Gasteiger partial charge on any atom is 0.336 e. The Morgan fingerprint density at radius 1 is 1.08 bits per heavy atom. The van der Waals surface area contributed by atoms with Gasteiger partial charge >= 0.3 is 5.97 Å². The van der Waals surface area contributed by atoms with Gasteiger partial charge in [0.2, 0.25) is 0 Å². The molecule has 1 aliphatic carbocycles. The highest BCUT2D eigenvalue weighted by atomic mass is 16.7. The number of hydrogen-bond donors (Lipinski definition) is 0. The van der Waals surface area contributed by atoms with E-state index >= 15 is 0 Å². The summed E-state index contributed by atoms with van der Waals surface area (Å²) in [5, 5.41) is 0.604. The topological polar surface area (TPSA) is 84.0 Å². The maximum absolute atomic E-state index is 12.1. The van der Waals surface area contributed by atoms with E-state index < -0.39 is 17.8 Å². The van der Waals surface area contributed by atoms with Crippen molar-refractivity contribution in [2.45, 2.75) is 38.5 Å². The molecule has 3 rings (SSSR count). The van der Waals surface area contributed by atoms with Crippen LogP contribution < -0.4 is 0 Å². The van der Waals surface area contributed by atoms with Crippen LogP contribution in [0.1, 0.15) is 38.5 Å². The highest BCUT2D eigenvalue weighted by molar-refractivity contribution is 6.01. The molecular weight excluding hydrogens is 312 g/mol. The first kappa shape index (κ1) is 16.4. The number of allylic oxidation sites excluding steroid dienone is 1. The molecule has 2 fully saturated rings. The molecule has 3 amide bonds. The summed E-state index contributed by atoms with van der Waals surface area (Å²) in [6.07, 6.45) is 6.24. The quantitative estimate of drug-likeness (QED) is 0.725.